The summed E-state index contributed by atoms with van der Waals surface area (Å²) in [5.74, 6) is 0. The zero-order valence-electron chi connectivity index (χ0n) is 6.35. The number of hydrogen-bond acceptors (Lipinski definition) is 2. The maximum Gasteiger partial charge on any atom is 0.208 e. The first kappa shape index (κ1) is 9.87. The van der Waals surface area contributed by atoms with Crippen LogP contribution in [-0.4, -0.2) is 34.8 Å². The lowest BCUT2D eigenvalue weighted by atomic mass is 10.6. The van der Waals surface area contributed by atoms with Gasteiger partial charge < -0.3 is 4.90 Å². The van der Waals surface area contributed by atoms with Crippen LogP contribution in [0.15, 0.2) is 0 Å². The van der Waals surface area contributed by atoms with E-state index in [-0.39, 0.29) is 0 Å². The van der Waals surface area contributed by atoms with Gasteiger partial charge in [0.2, 0.25) is 10.0 Å². The molecule has 0 aliphatic rings. The Balaban J connectivity index is 3.39. The van der Waals surface area contributed by atoms with Crippen molar-refractivity contribution in [2.45, 2.75) is 0 Å². The predicted molar refractivity (Wildman–Crippen MR) is 40.0 cm³/mol. The van der Waals surface area contributed by atoms with Crippen LogP contribution in [-0.2, 0) is 10.0 Å². The topological polar surface area (TPSA) is 50.6 Å². The van der Waals surface area contributed by atoms with Crippen molar-refractivity contribution in [3.8, 4) is 0 Å². The molecule has 0 amide bonds. The normalized spacial score (nSPS) is 15.1. The summed E-state index contributed by atoms with van der Waals surface area (Å²) in [5.41, 5.74) is 0. The summed E-state index contributed by atoms with van der Waals surface area (Å²) in [6, 6.07) is 0. The van der Waals surface area contributed by atoms with Crippen molar-refractivity contribution in [3.63, 3.8) is 0 Å². The molecule has 2 N–H and O–H groups in total. The van der Waals surface area contributed by atoms with Crippen molar-refractivity contribution >= 4 is 10.0 Å². The van der Waals surface area contributed by atoms with Crippen LogP contribution < -0.4 is 9.62 Å². The van der Waals surface area contributed by atoms with E-state index in [0.29, 0.717) is 13.1 Å². The molecule has 0 aliphatic heterocycles. The minimum Gasteiger partial charge on any atom is -0.469 e. The fraction of sp³-hybridized carbons (Fsp3) is 0.800. The summed E-state index contributed by atoms with van der Waals surface area (Å²) in [6.07, 6.45) is 1.14. The SMILES string of the molecule is [CH2-][NH+](C)CCNS(C)(=O)=O. The molecule has 0 aromatic rings. The third kappa shape index (κ3) is 7.87. The lowest BCUT2D eigenvalue weighted by Crippen LogP contribution is -3.04. The molecule has 0 bridgehead atoms. The Morgan fingerprint density at radius 3 is 2.40 bits per heavy atom. The first-order chi connectivity index (χ1) is 4.42. The van der Waals surface area contributed by atoms with E-state index < -0.39 is 10.0 Å². The number of likely N-dealkylation sites (N-methyl/N-ethyl adjacent to an activating group) is 1. The standard InChI is InChI=1S/C5H14N2O2S/c1-7(2)5-4-6-10(3,8)9/h6-7H,1,4-5H2,2-3H3. The Kier molecular flexibility index (Phi) is 3.85. The zero-order chi connectivity index (χ0) is 8.20. The number of quaternary nitrogens is 1. The Morgan fingerprint density at radius 2 is 2.10 bits per heavy atom. The highest BCUT2D eigenvalue weighted by Gasteiger charge is 1.98. The minimum atomic E-state index is -3.01. The second kappa shape index (κ2) is 3.90. The van der Waals surface area contributed by atoms with Gasteiger partial charge in [-0.3, -0.25) is 0 Å². The molecular weight excluding hydrogens is 152 g/mol. The van der Waals surface area contributed by atoms with Crippen LogP contribution in [0.25, 0.3) is 0 Å². The molecule has 0 aromatic carbocycles. The van der Waals surface area contributed by atoms with Gasteiger partial charge in [0.15, 0.2) is 0 Å². The van der Waals surface area contributed by atoms with Crippen molar-refractivity contribution in [3.05, 3.63) is 7.05 Å². The molecular formula is C5H14N2O2S. The Labute approximate surface area is 62.3 Å². The summed E-state index contributed by atoms with van der Waals surface area (Å²) in [4.78, 5) is 0.983. The highest BCUT2D eigenvalue weighted by atomic mass is 32.2. The molecule has 1 unspecified atom stereocenters. The van der Waals surface area contributed by atoms with Gasteiger partial charge in [-0.25, -0.2) is 13.1 Å². The molecule has 0 radical (unpaired) electrons. The van der Waals surface area contributed by atoms with Crippen LogP contribution in [0.3, 0.4) is 0 Å². The molecule has 0 heterocycles. The molecule has 0 fully saturated rings. The third-order valence-electron chi connectivity index (χ3n) is 0.916. The van der Waals surface area contributed by atoms with Crippen LogP contribution >= 0.6 is 0 Å². The molecule has 0 saturated heterocycles. The van der Waals surface area contributed by atoms with E-state index in [4.69, 9.17) is 0 Å². The van der Waals surface area contributed by atoms with E-state index >= 15 is 0 Å². The molecule has 0 spiro atoms. The van der Waals surface area contributed by atoms with Gasteiger partial charge in [-0.1, -0.05) is 0 Å². The number of hydrogen-bond donors (Lipinski definition) is 2. The van der Waals surface area contributed by atoms with E-state index in [9.17, 15) is 8.42 Å². The lowest BCUT2D eigenvalue weighted by Gasteiger charge is -2.13. The first-order valence-corrected chi connectivity index (χ1v) is 4.90. The lowest BCUT2D eigenvalue weighted by molar-refractivity contribution is -0.830. The second-order valence-electron chi connectivity index (χ2n) is 2.37. The third-order valence-corrected chi connectivity index (χ3v) is 1.64. The monoisotopic (exact) mass is 166 g/mol. The van der Waals surface area contributed by atoms with E-state index in [1.807, 2.05) is 7.05 Å². The van der Waals surface area contributed by atoms with Crippen LogP contribution in [0.2, 0.25) is 0 Å². The molecule has 62 valence electrons. The predicted octanol–water partition coefficient (Wildman–Crippen LogP) is -2.16. The van der Waals surface area contributed by atoms with Gasteiger partial charge >= 0.3 is 0 Å². The molecule has 5 heteroatoms. The largest absolute Gasteiger partial charge is 0.469 e. The average Bonchev–Trinajstić information content (AvgIpc) is 1.59. The molecule has 10 heavy (non-hydrogen) atoms. The van der Waals surface area contributed by atoms with Crippen molar-refractivity contribution in [1.82, 2.24) is 4.72 Å². The first-order valence-electron chi connectivity index (χ1n) is 3.01. The van der Waals surface area contributed by atoms with Crippen molar-refractivity contribution < 1.29 is 13.3 Å². The Morgan fingerprint density at radius 1 is 1.60 bits per heavy atom. The molecule has 0 aliphatic carbocycles. The van der Waals surface area contributed by atoms with E-state index in [2.05, 4.69) is 11.8 Å². The summed E-state index contributed by atoms with van der Waals surface area (Å²) >= 11 is 0. The summed E-state index contributed by atoms with van der Waals surface area (Å²) in [7, 11) is 2.49. The van der Waals surface area contributed by atoms with Gasteiger partial charge in [0.25, 0.3) is 0 Å². The summed E-state index contributed by atoms with van der Waals surface area (Å²) in [5, 5.41) is 0. The second-order valence-corrected chi connectivity index (χ2v) is 4.21. The number of nitrogens with one attached hydrogen (secondary N) is 2. The van der Waals surface area contributed by atoms with Gasteiger partial charge in [0, 0.05) is 7.05 Å². The quantitative estimate of drug-likeness (QED) is 0.468. The van der Waals surface area contributed by atoms with Crippen LogP contribution in [0, 0.1) is 7.05 Å². The molecule has 0 rings (SSSR count). The zero-order valence-corrected chi connectivity index (χ0v) is 7.16. The molecule has 0 aromatic heterocycles. The molecule has 1 atom stereocenters. The maximum absolute atomic E-state index is 10.5. The highest BCUT2D eigenvalue weighted by molar-refractivity contribution is 7.88. The van der Waals surface area contributed by atoms with Crippen molar-refractivity contribution in [1.29, 1.82) is 0 Å². The fourth-order valence-electron chi connectivity index (χ4n) is 0.450. The van der Waals surface area contributed by atoms with Gasteiger partial charge in [0.05, 0.1) is 19.3 Å². The average molecular weight is 166 g/mol. The summed E-state index contributed by atoms with van der Waals surface area (Å²) < 4.78 is 23.3. The van der Waals surface area contributed by atoms with Gasteiger partial charge in [-0.15, -0.1) is 0 Å². The molecule has 0 saturated carbocycles. The Bertz CT molecular complexity index is 174. The Hall–Kier alpha value is -0.130. The van der Waals surface area contributed by atoms with E-state index in [1.165, 1.54) is 0 Å². The number of rotatable bonds is 4. The van der Waals surface area contributed by atoms with Crippen LogP contribution in [0.1, 0.15) is 0 Å². The summed E-state index contributed by atoms with van der Waals surface area (Å²) in [6.45, 7) is 1.15. The highest BCUT2D eigenvalue weighted by Crippen LogP contribution is 1.68. The minimum absolute atomic E-state index is 0.453. The van der Waals surface area contributed by atoms with E-state index in [1.54, 1.807) is 0 Å². The molecule has 4 nitrogen and oxygen atoms in total. The maximum atomic E-state index is 10.5. The smallest absolute Gasteiger partial charge is 0.208 e. The van der Waals surface area contributed by atoms with Gasteiger partial charge in [-0.05, 0) is 0 Å². The van der Waals surface area contributed by atoms with Gasteiger partial charge in [-0.2, -0.15) is 7.05 Å². The van der Waals surface area contributed by atoms with E-state index in [0.717, 1.165) is 11.2 Å². The van der Waals surface area contributed by atoms with Crippen molar-refractivity contribution in [2.75, 3.05) is 26.4 Å². The fourth-order valence-corrected chi connectivity index (χ4v) is 0.923. The van der Waals surface area contributed by atoms with Crippen LogP contribution in [0.4, 0.5) is 0 Å². The van der Waals surface area contributed by atoms with Crippen molar-refractivity contribution in [2.24, 2.45) is 0 Å². The van der Waals surface area contributed by atoms with Crippen LogP contribution in [0.5, 0.6) is 0 Å². The van der Waals surface area contributed by atoms with Gasteiger partial charge in [0.1, 0.15) is 0 Å². The number of sulfonamides is 1.